The highest BCUT2D eigenvalue weighted by Gasteiger charge is 2.09. The van der Waals surface area contributed by atoms with E-state index in [4.69, 9.17) is 0 Å². The number of guanidine groups is 1. The first kappa shape index (κ1) is 21.9. The number of hydrogen-bond acceptors (Lipinski definition) is 4. The number of rotatable bonds is 8. The summed E-state index contributed by atoms with van der Waals surface area (Å²) in [6.07, 6.45) is 3.67. The van der Waals surface area contributed by atoms with Crippen LogP contribution in [0.1, 0.15) is 35.8 Å². The highest BCUT2D eigenvalue weighted by Crippen LogP contribution is 2.16. The Hall–Kier alpha value is -3.81. The van der Waals surface area contributed by atoms with Crippen molar-refractivity contribution in [1.29, 1.82) is 0 Å². The molecule has 0 bridgehead atoms. The maximum Gasteiger partial charge on any atom is 0.251 e. The first-order chi connectivity index (χ1) is 15.1. The zero-order chi connectivity index (χ0) is 22.1. The summed E-state index contributed by atoms with van der Waals surface area (Å²) in [7, 11) is 0. The highest BCUT2D eigenvalue weighted by atomic mass is 16.3. The molecule has 0 aliphatic rings. The molecule has 0 saturated heterocycles. The van der Waals surface area contributed by atoms with Crippen LogP contribution in [0.2, 0.25) is 0 Å². The Morgan fingerprint density at radius 2 is 1.97 bits per heavy atom. The van der Waals surface area contributed by atoms with Gasteiger partial charge in [0.15, 0.2) is 5.96 Å². The van der Waals surface area contributed by atoms with Gasteiger partial charge in [0, 0.05) is 31.0 Å². The molecule has 8 heteroatoms. The van der Waals surface area contributed by atoms with Crippen molar-refractivity contribution in [3.8, 4) is 11.4 Å². The average Bonchev–Trinajstić information content (AvgIpc) is 3.32. The maximum atomic E-state index is 12.1. The number of amides is 1. The molecule has 0 spiro atoms. The second-order valence-corrected chi connectivity index (χ2v) is 6.98. The number of hydrogen-bond donors (Lipinski definition) is 4. The van der Waals surface area contributed by atoms with Crippen LogP contribution in [0.4, 0.5) is 0 Å². The largest absolute Gasteiger partial charge is 0.508 e. The number of nitrogens with one attached hydrogen (secondary N) is 3. The van der Waals surface area contributed by atoms with Crippen molar-refractivity contribution in [2.24, 2.45) is 4.99 Å². The molecule has 4 N–H and O–H groups in total. The van der Waals surface area contributed by atoms with Crippen LogP contribution in [0.5, 0.6) is 5.75 Å². The summed E-state index contributed by atoms with van der Waals surface area (Å²) < 4.78 is 1.83. The molecule has 8 nitrogen and oxygen atoms in total. The van der Waals surface area contributed by atoms with Gasteiger partial charge in [-0.2, -0.15) is 5.10 Å². The lowest BCUT2D eigenvalue weighted by atomic mass is 10.1. The molecule has 0 saturated carbocycles. The van der Waals surface area contributed by atoms with Crippen LogP contribution in [-0.4, -0.2) is 46.4 Å². The fourth-order valence-electron chi connectivity index (χ4n) is 3.02. The Morgan fingerprint density at radius 3 is 2.68 bits per heavy atom. The quantitative estimate of drug-likeness (QED) is 0.255. The number of aromatic nitrogens is 2. The van der Waals surface area contributed by atoms with Gasteiger partial charge in [-0.25, -0.2) is 4.68 Å². The van der Waals surface area contributed by atoms with E-state index in [2.05, 4.69) is 45.1 Å². The predicted octanol–water partition coefficient (Wildman–Crippen LogP) is 2.62. The highest BCUT2D eigenvalue weighted by molar-refractivity contribution is 5.94. The molecular weight excluding hydrogens is 392 g/mol. The Balaban J connectivity index is 1.56. The lowest BCUT2D eigenvalue weighted by Crippen LogP contribution is -2.39. The smallest absolute Gasteiger partial charge is 0.251 e. The molecule has 2 aromatic carbocycles. The molecule has 3 rings (SSSR count). The number of benzene rings is 2. The minimum absolute atomic E-state index is 0.0277. The Bertz CT molecular complexity index is 999. The third-order valence-corrected chi connectivity index (χ3v) is 4.63. The molecule has 1 unspecified atom stereocenters. The molecule has 1 atom stereocenters. The van der Waals surface area contributed by atoms with Crippen molar-refractivity contribution < 1.29 is 9.90 Å². The van der Waals surface area contributed by atoms with Gasteiger partial charge in [0.25, 0.3) is 5.91 Å². The fourth-order valence-corrected chi connectivity index (χ4v) is 3.02. The molecule has 162 valence electrons. The molecule has 31 heavy (non-hydrogen) atoms. The van der Waals surface area contributed by atoms with Crippen LogP contribution >= 0.6 is 0 Å². The lowest BCUT2D eigenvalue weighted by Gasteiger charge is -2.19. The van der Waals surface area contributed by atoms with E-state index in [0.717, 1.165) is 17.8 Å². The zero-order valence-corrected chi connectivity index (χ0v) is 17.7. The number of aliphatic imine (C=N–C) groups is 1. The van der Waals surface area contributed by atoms with Crippen molar-refractivity contribution in [2.75, 3.05) is 19.6 Å². The minimum atomic E-state index is -0.197. The van der Waals surface area contributed by atoms with Gasteiger partial charge < -0.3 is 21.1 Å². The maximum absolute atomic E-state index is 12.1. The van der Waals surface area contributed by atoms with Gasteiger partial charge in [0.2, 0.25) is 0 Å². The van der Waals surface area contributed by atoms with Gasteiger partial charge in [-0.1, -0.05) is 12.1 Å². The molecule has 1 aromatic heterocycles. The third kappa shape index (κ3) is 6.33. The standard InChI is InChI=1S/C23H28N6O2/c1-3-24-23(26-14-13-25-22(31)18-8-10-21(30)11-9-18)28-17(2)19-6-4-7-20(16-19)29-15-5-12-27-29/h4-12,15-17,30H,3,13-14H2,1-2H3,(H,25,31)(H2,24,26,28). The van der Waals surface area contributed by atoms with E-state index in [9.17, 15) is 9.90 Å². The number of nitrogens with zero attached hydrogens (tertiary/aromatic N) is 3. The molecule has 0 radical (unpaired) electrons. The van der Waals surface area contributed by atoms with Crippen molar-refractivity contribution >= 4 is 11.9 Å². The third-order valence-electron chi connectivity index (χ3n) is 4.63. The van der Waals surface area contributed by atoms with Crippen LogP contribution in [0, 0.1) is 0 Å². The normalized spacial score (nSPS) is 12.3. The second-order valence-electron chi connectivity index (χ2n) is 6.98. The van der Waals surface area contributed by atoms with E-state index in [-0.39, 0.29) is 17.7 Å². The molecular formula is C23H28N6O2. The van der Waals surface area contributed by atoms with E-state index < -0.39 is 0 Å². The summed E-state index contributed by atoms with van der Waals surface area (Å²) in [5.41, 5.74) is 2.60. The Labute approximate surface area is 182 Å². The van der Waals surface area contributed by atoms with Gasteiger partial charge in [-0.15, -0.1) is 0 Å². The molecule has 1 amide bonds. The van der Waals surface area contributed by atoms with Gasteiger partial charge in [-0.3, -0.25) is 9.79 Å². The SMILES string of the molecule is CCNC(=NCCNC(=O)c1ccc(O)cc1)NC(C)c1cccc(-n2cccn2)c1. The van der Waals surface area contributed by atoms with Gasteiger partial charge >= 0.3 is 0 Å². The summed E-state index contributed by atoms with van der Waals surface area (Å²) in [5.74, 6) is 0.613. The molecule has 1 heterocycles. The van der Waals surface area contributed by atoms with E-state index in [1.165, 1.54) is 12.1 Å². The van der Waals surface area contributed by atoms with Crippen molar-refractivity contribution in [3.05, 3.63) is 78.1 Å². The van der Waals surface area contributed by atoms with E-state index in [1.807, 2.05) is 36.0 Å². The van der Waals surface area contributed by atoms with Crippen LogP contribution in [0.25, 0.3) is 5.69 Å². The first-order valence-corrected chi connectivity index (χ1v) is 10.3. The Morgan fingerprint density at radius 1 is 1.16 bits per heavy atom. The Kier molecular flexibility index (Phi) is 7.64. The van der Waals surface area contributed by atoms with Gasteiger partial charge in [0.1, 0.15) is 5.75 Å². The number of phenols is 1. The van der Waals surface area contributed by atoms with Crippen molar-refractivity contribution in [3.63, 3.8) is 0 Å². The zero-order valence-electron chi connectivity index (χ0n) is 17.7. The van der Waals surface area contributed by atoms with E-state index >= 15 is 0 Å². The molecule has 0 aliphatic heterocycles. The molecule has 0 fully saturated rings. The van der Waals surface area contributed by atoms with Crippen molar-refractivity contribution in [1.82, 2.24) is 25.7 Å². The topological polar surface area (TPSA) is 104 Å². The summed E-state index contributed by atoms with van der Waals surface area (Å²) in [5, 5.41) is 23.1. The molecule has 3 aromatic rings. The van der Waals surface area contributed by atoms with E-state index in [1.54, 1.807) is 18.3 Å². The van der Waals surface area contributed by atoms with Crippen molar-refractivity contribution in [2.45, 2.75) is 19.9 Å². The van der Waals surface area contributed by atoms with Crippen LogP contribution < -0.4 is 16.0 Å². The summed E-state index contributed by atoms with van der Waals surface area (Å²) >= 11 is 0. The summed E-state index contributed by atoms with van der Waals surface area (Å²) in [6.45, 7) is 5.64. The summed E-state index contributed by atoms with van der Waals surface area (Å²) in [6, 6.07) is 16.2. The minimum Gasteiger partial charge on any atom is -0.508 e. The average molecular weight is 421 g/mol. The second kappa shape index (κ2) is 10.8. The van der Waals surface area contributed by atoms with Crippen LogP contribution in [0.3, 0.4) is 0 Å². The number of carbonyl (C=O) groups excluding carboxylic acids is 1. The number of phenolic OH excluding ortho intramolecular Hbond substituents is 1. The lowest BCUT2D eigenvalue weighted by molar-refractivity contribution is 0.0955. The number of aromatic hydroxyl groups is 1. The van der Waals surface area contributed by atoms with Gasteiger partial charge in [0.05, 0.1) is 18.3 Å². The first-order valence-electron chi connectivity index (χ1n) is 10.3. The van der Waals surface area contributed by atoms with Gasteiger partial charge in [-0.05, 0) is 61.9 Å². The number of carbonyl (C=O) groups is 1. The van der Waals surface area contributed by atoms with Crippen LogP contribution in [0.15, 0.2) is 72.0 Å². The predicted molar refractivity (Wildman–Crippen MR) is 122 cm³/mol. The monoisotopic (exact) mass is 420 g/mol. The molecule has 0 aliphatic carbocycles. The van der Waals surface area contributed by atoms with E-state index in [0.29, 0.717) is 24.6 Å². The summed E-state index contributed by atoms with van der Waals surface area (Å²) in [4.78, 5) is 16.7. The van der Waals surface area contributed by atoms with Crippen LogP contribution in [-0.2, 0) is 0 Å². The fraction of sp³-hybridized carbons (Fsp3) is 0.261.